The van der Waals surface area contributed by atoms with Gasteiger partial charge >= 0.3 is 0 Å². The lowest BCUT2D eigenvalue weighted by Crippen LogP contribution is -2.44. The van der Waals surface area contributed by atoms with Gasteiger partial charge in [-0.25, -0.2) is 15.0 Å². The van der Waals surface area contributed by atoms with Gasteiger partial charge in [0.05, 0.1) is 19.0 Å². The van der Waals surface area contributed by atoms with Crippen LogP contribution in [0.5, 0.6) is 0 Å². The zero-order chi connectivity index (χ0) is 15.9. The molecule has 2 fully saturated rings. The largest absolute Gasteiger partial charge is 0.400 e. The zero-order valence-corrected chi connectivity index (χ0v) is 12.4. The molecule has 23 heavy (non-hydrogen) atoms. The number of aliphatic hydroxyl groups excluding tert-OH is 2. The van der Waals surface area contributed by atoms with Crippen LogP contribution in [0.15, 0.2) is 12.7 Å². The molecule has 0 saturated carbocycles. The first-order valence-corrected chi connectivity index (χ1v) is 6.96. The first kappa shape index (κ1) is 17.5. The van der Waals surface area contributed by atoms with Crippen LogP contribution in [-0.4, -0.2) is 61.3 Å². The molecule has 128 valence electrons. The molecule has 2 unspecified atom stereocenters. The van der Waals surface area contributed by atoms with E-state index >= 15 is 0 Å². The summed E-state index contributed by atoms with van der Waals surface area (Å²) in [6.07, 6.45) is 3.09. The highest BCUT2D eigenvalue weighted by Crippen LogP contribution is 2.48. The molecule has 2 aliphatic rings. The minimum Gasteiger partial charge on any atom is -0.400 e. The Morgan fingerprint density at radius 1 is 1.39 bits per heavy atom. The van der Waals surface area contributed by atoms with Gasteiger partial charge in [-0.3, -0.25) is 4.57 Å². The minimum atomic E-state index is -0.634. The van der Waals surface area contributed by atoms with Crippen LogP contribution in [0.2, 0.25) is 0 Å². The molecule has 2 aromatic heterocycles. The smallest absolute Gasteiger partial charge is 0.167 e. The number of aliphatic hydroxyl groups is 2. The van der Waals surface area contributed by atoms with Crippen LogP contribution in [-0.2, 0) is 9.47 Å². The molecule has 0 aromatic carbocycles. The van der Waals surface area contributed by atoms with Crippen molar-refractivity contribution in [3.8, 4) is 0 Å². The summed E-state index contributed by atoms with van der Waals surface area (Å²) in [5.74, 6) is 0.336. The molecule has 9 nitrogen and oxygen atoms in total. The Bertz CT molecular complexity index is 678. The highest BCUT2D eigenvalue weighted by atomic mass is 16.6. The van der Waals surface area contributed by atoms with Crippen molar-refractivity contribution in [1.29, 1.82) is 0 Å². The molecule has 9 heteroatoms. The van der Waals surface area contributed by atoms with Crippen molar-refractivity contribution in [2.24, 2.45) is 0 Å². The number of nitrogen functional groups attached to an aromatic ring is 1. The van der Waals surface area contributed by atoms with Crippen molar-refractivity contribution >= 4 is 17.0 Å². The minimum absolute atomic E-state index is 0. The number of hydrogen-bond donors (Lipinski definition) is 3. The summed E-state index contributed by atoms with van der Waals surface area (Å²) in [4.78, 5) is 12.4. The highest BCUT2D eigenvalue weighted by Gasteiger charge is 2.58. The van der Waals surface area contributed by atoms with E-state index in [0.29, 0.717) is 23.4 Å². The fraction of sp³-hybridized carbons (Fsp3) is 0.643. The van der Waals surface area contributed by atoms with Crippen LogP contribution >= 0.6 is 0 Å². The Kier molecular flexibility index (Phi) is 4.85. The lowest BCUT2D eigenvalue weighted by Gasteiger charge is -2.34. The zero-order valence-electron chi connectivity index (χ0n) is 12.4. The molecule has 4 N–H and O–H groups in total. The number of ether oxygens (including phenoxy) is 2. The molecular formula is C14H23N5O4. The molecule has 4 rings (SSSR count). The summed E-state index contributed by atoms with van der Waals surface area (Å²) in [6.45, 7) is 1.85. The van der Waals surface area contributed by atoms with Gasteiger partial charge in [0.2, 0.25) is 0 Å². The third-order valence-corrected chi connectivity index (χ3v) is 4.27. The number of hydrogen-bond acceptors (Lipinski definition) is 8. The molecule has 4 heterocycles. The lowest BCUT2D eigenvalue weighted by molar-refractivity contribution is -0.214. The monoisotopic (exact) mass is 325 g/mol. The Morgan fingerprint density at radius 3 is 2.78 bits per heavy atom. The molecule has 2 aliphatic heterocycles. The quantitative estimate of drug-likeness (QED) is 0.708. The van der Waals surface area contributed by atoms with E-state index in [-0.39, 0.29) is 32.5 Å². The van der Waals surface area contributed by atoms with Gasteiger partial charge in [-0.1, -0.05) is 7.43 Å². The number of aromatic nitrogens is 4. The van der Waals surface area contributed by atoms with E-state index in [2.05, 4.69) is 15.0 Å². The van der Waals surface area contributed by atoms with Crippen molar-refractivity contribution < 1.29 is 19.7 Å². The summed E-state index contributed by atoms with van der Waals surface area (Å²) in [5.41, 5.74) is 6.30. The van der Waals surface area contributed by atoms with E-state index in [0.717, 1.165) is 7.11 Å². The van der Waals surface area contributed by atoms with E-state index in [1.54, 1.807) is 10.9 Å². The van der Waals surface area contributed by atoms with Gasteiger partial charge in [-0.2, -0.15) is 0 Å². The van der Waals surface area contributed by atoms with Gasteiger partial charge in [0.15, 0.2) is 17.7 Å². The molecule has 0 aliphatic carbocycles. The Labute approximate surface area is 134 Å². The molecule has 0 amide bonds. The van der Waals surface area contributed by atoms with Crippen LogP contribution in [0, 0.1) is 0 Å². The summed E-state index contributed by atoms with van der Waals surface area (Å²) in [7, 11) is 1.00. The number of fused-ring (bicyclic) bond motifs is 3. The molecule has 2 saturated heterocycles. The number of anilines is 1. The second-order valence-corrected chi connectivity index (χ2v) is 5.34. The maximum Gasteiger partial charge on any atom is 0.167 e. The van der Waals surface area contributed by atoms with Gasteiger partial charge in [-0.05, 0) is 6.92 Å². The number of nitrogens with two attached hydrogens (primary N) is 1. The third-order valence-electron chi connectivity index (χ3n) is 4.27. The molecule has 0 spiro atoms. The second-order valence-electron chi connectivity index (χ2n) is 5.34. The maximum absolute atomic E-state index is 9.61. The Hall–Kier alpha value is -1.81. The lowest BCUT2D eigenvalue weighted by atomic mass is 9.98. The van der Waals surface area contributed by atoms with Crippen molar-refractivity contribution in [3.63, 3.8) is 0 Å². The predicted molar refractivity (Wildman–Crippen MR) is 83.5 cm³/mol. The summed E-state index contributed by atoms with van der Waals surface area (Å²) in [6, 6.07) is 0. The van der Waals surface area contributed by atoms with Gasteiger partial charge in [0.25, 0.3) is 0 Å². The van der Waals surface area contributed by atoms with Crippen LogP contribution in [0.4, 0.5) is 5.82 Å². The highest BCUT2D eigenvalue weighted by molar-refractivity contribution is 5.81. The van der Waals surface area contributed by atoms with E-state index in [9.17, 15) is 5.11 Å². The summed E-state index contributed by atoms with van der Waals surface area (Å²) < 4.78 is 13.7. The maximum atomic E-state index is 9.61. The molecule has 0 radical (unpaired) electrons. The average Bonchev–Trinajstić information content (AvgIpc) is 3.20. The number of rotatable bonds is 2. The topological polar surface area (TPSA) is 129 Å². The first-order valence-electron chi connectivity index (χ1n) is 6.96. The number of nitrogens with zero attached hydrogens (tertiary/aromatic N) is 4. The molecule has 4 atom stereocenters. The van der Waals surface area contributed by atoms with E-state index in [1.807, 2.05) is 6.92 Å². The van der Waals surface area contributed by atoms with Crippen LogP contribution in [0.25, 0.3) is 11.2 Å². The van der Waals surface area contributed by atoms with E-state index < -0.39 is 5.60 Å². The summed E-state index contributed by atoms with van der Waals surface area (Å²) in [5, 5.41) is 16.6. The van der Waals surface area contributed by atoms with Crippen molar-refractivity contribution in [1.82, 2.24) is 19.5 Å². The van der Waals surface area contributed by atoms with Crippen LogP contribution < -0.4 is 5.73 Å². The van der Waals surface area contributed by atoms with E-state index in [4.69, 9.17) is 20.3 Å². The van der Waals surface area contributed by atoms with Crippen LogP contribution in [0.3, 0.4) is 0 Å². The van der Waals surface area contributed by atoms with E-state index in [1.165, 1.54) is 6.33 Å². The Balaban J connectivity index is 0.000000617. The van der Waals surface area contributed by atoms with Gasteiger partial charge in [-0.15, -0.1) is 0 Å². The predicted octanol–water partition coefficient (Wildman–Crippen LogP) is 0.0904. The fourth-order valence-electron chi connectivity index (χ4n) is 3.09. The Morgan fingerprint density at radius 2 is 2.13 bits per heavy atom. The first-order chi connectivity index (χ1) is 10.6. The molecule has 2 bridgehead atoms. The van der Waals surface area contributed by atoms with Gasteiger partial charge < -0.3 is 25.4 Å². The standard InChI is InChI=1S/C12H15N5O3.CH4O.CH4/c1-6-12(3-18)2-7(19-6)11(20-12)17-5-16-8-9(13)14-4-15-10(8)17;1-2;/h4-7,11,18H,2-3H2,1H3,(H2,13,14,15);2H,1H3;1H4/t6?,7?,11-,12+;;/m1../s1. The average molecular weight is 325 g/mol. The SMILES string of the molecule is C.CC1OC2C[C@@]1(CO)O[C@H]2n1cnc2c(N)ncnc21.CO. The van der Waals surface area contributed by atoms with Crippen molar-refractivity contribution in [3.05, 3.63) is 12.7 Å². The van der Waals surface area contributed by atoms with Crippen molar-refractivity contribution in [2.75, 3.05) is 19.5 Å². The fourth-order valence-corrected chi connectivity index (χ4v) is 3.09. The van der Waals surface area contributed by atoms with Gasteiger partial charge in [0, 0.05) is 13.5 Å². The van der Waals surface area contributed by atoms with Crippen LogP contribution in [0.1, 0.15) is 27.0 Å². The summed E-state index contributed by atoms with van der Waals surface area (Å²) >= 11 is 0. The van der Waals surface area contributed by atoms with Crippen molar-refractivity contribution in [2.45, 2.75) is 44.8 Å². The second kappa shape index (κ2) is 6.36. The number of imidazole rings is 1. The molecular weight excluding hydrogens is 302 g/mol. The van der Waals surface area contributed by atoms with Gasteiger partial charge in [0.1, 0.15) is 23.5 Å². The normalized spacial score (nSPS) is 31.6. The third kappa shape index (κ3) is 2.45. The molecule has 2 aromatic rings.